The van der Waals surface area contributed by atoms with Gasteiger partial charge >= 0.3 is 0 Å². The monoisotopic (exact) mass is 500 g/mol. The summed E-state index contributed by atoms with van der Waals surface area (Å²) in [5.74, 6) is 0.702. The van der Waals surface area contributed by atoms with Gasteiger partial charge in [-0.2, -0.15) is 5.26 Å². The Morgan fingerprint density at radius 3 is 2.56 bits per heavy atom. The minimum atomic E-state index is -0.246. The molecule has 4 rings (SSSR count). The first-order valence-corrected chi connectivity index (χ1v) is 13.5. The van der Waals surface area contributed by atoms with Gasteiger partial charge in [-0.25, -0.2) is 0 Å². The summed E-state index contributed by atoms with van der Waals surface area (Å²) in [6.45, 7) is 7.28. The van der Waals surface area contributed by atoms with Crippen LogP contribution in [0.25, 0.3) is 6.08 Å². The van der Waals surface area contributed by atoms with E-state index in [0.717, 1.165) is 63.2 Å². The second kappa shape index (κ2) is 11.1. The molecule has 3 fully saturated rings. The lowest BCUT2D eigenvalue weighted by Crippen LogP contribution is -2.36. The quantitative estimate of drug-likeness (QED) is 0.428. The Hall–Kier alpha value is -2.15. The summed E-state index contributed by atoms with van der Waals surface area (Å²) >= 11 is 6.83. The highest BCUT2D eigenvalue weighted by molar-refractivity contribution is 8.26. The van der Waals surface area contributed by atoms with Gasteiger partial charge in [-0.1, -0.05) is 43.7 Å². The molecule has 0 bridgehead atoms. The molecule has 1 aromatic heterocycles. The number of pyridine rings is 1. The molecule has 0 N–H and O–H groups in total. The van der Waals surface area contributed by atoms with Gasteiger partial charge in [0.1, 0.15) is 21.8 Å². The van der Waals surface area contributed by atoms with Crippen molar-refractivity contribution in [2.24, 2.45) is 0 Å². The maximum absolute atomic E-state index is 13.3. The van der Waals surface area contributed by atoms with Gasteiger partial charge in [0.05, 0.1) is 17.6 Å². The summed E-state index contributed by atoms with van der Waals surface area (Å²) in [5.41, 5.74) is 1.31. The SMILES string of the molecule is CCCn1c(N2CCCCCC2)c(/C=C2\SC(=S)N(CC3CCCO3)C2=O)c(C)c(C#N)c1=O. The van der Waals surface area contributed by atoms with Gasteiger partial charge in [0, 0.05) is 31.8 Å². The molecule has 34 heavy (non-hydrogen) atoms. The second-order valence-corrected chi connectivity index (χ2v) is 10.8. The largest absolute Gasteiger partial charge is 0.376 e. The molecule has 0 saturated carbocycles. The number of aromatic nitrogens is 1. The lowest BCUT2D eigenvalue weighted by atomic mass is 10.0. The molecule has 182 valence electrons. The van der Waals surface area contributed by atoms with Gasteiger partial charge in [0.25, 0.3) is 11.5 Å². The van der Waals surface area contributed by atoms with Crippen LogP contribution in [0.1, 0.15) is 68.6 Å². The number of rotatable bonds is 6. The minimum absolute atomic E-state index is 0.0212. The van der Waals surface area contributed by atoms with E-state index in [2.05, 4.69) is 11.0 Å². The summed E-state index contributed by atoms with van der Waals surface area (Å²) in [5, 5.41) is 9.81. The van der Waals surface area contributed by atoms with Crippen LogP contribution in [0.2, 0.25) is 0 Å². The molecular weight excluding hydrogens is 468 g/mol. The van der Waals surface area contributed by atoms with Gasteiger partial charge < -0.3 is 9.64 Å². The Morgan fingerprint density at radius 1 is 1.21 bits per heavy atom. The zero-order chi connectivity index (χ0) is 24.2. The molecule has 9 heteroatoms. The first-order chi connectivity index (χ1) is 16.5. The van der Waals surface area contributed by atoms with Crippen molar-refractivity contribution < 1.29 is 9.53 Å². The van der Waals surface area contributed by atoms with Crippen LogP contribution in [-0.2, 0) is 16.1 Å². The summed E-state index contributed by atoms with van der Waals surface area (Å²) in [6, 6.07) is 2.12. The smallest absolute Gasteiger partial charge is 0.270 e. The van der Waals surface area contributed by atoms with Crippen molar-refractivity contribution >= 4 is 46.1 Å². The highest BCUT2D eigenvalue weighted by Gasteiger charge is 2.35. The summed E-state index contributed by atoms with van der Waals surface area (Å²) in [6.07, 6.45) is 9.04. The number of nitriles is 1. The van der Waals surface area contributed by atoms with E-state index in [9.17, 15) is 14.9 Å². The van der Waals surface area contributed by atoms with Crippen molar-refractivity contribution in [3.05, 3.63) is 31.9 Å². The molecule has 7 nitrogen and oxygen atoms in total. The predicted octanol–water partition coefficient (Wildman–Crippen LogP) is 4.20. The number of hydrogen-bond donors (Lipinski definition) is 0. The van der Waals surface area contributed by atoms with Crippen LogP contribution < -0.4 is 10.5 Å². The molecule has 1 amide bonds. The Bertz CT molecular complexity index is 1090. The van der Waals surface area contributed by atoms with Gasteiger partial charge in [-0.3, -0.25) is 19.1 Å². The van der Waals surface area contributed by atoms with Crippen LogP contribution in [0.5, 0.6) is 0 Å². The van der Waals surface area contributed by atoms with Gasteiger partial charge in [0.2, 0.25) is 0 Å². The molecule has 4 heterocycles. The molecule has 0 spiro atoms. The lowest BCUT2D eigenvalue weighted by Gasteiger charge is -2.29. The molecule has 3 saturated heterocycles. The summed E-state index contributed by atoms with van der Waals surface area (Å²) in [4.78, 5) is 31.1. The zero-order valence-electron chi connectivity index (χ0n) is 20.0. The molecule has 0 radical (unpaired) electrons. The van der Waals surface area contributed by atoms with Crippen molar-refractivity contribution in [3.63, 3.8) is 0 Å². The fraction of sp³-hybridized carbons (Fsp3) is 0.600. The number of thiocarbonyl (C=S) groups is 1. The van der Waals surface area contributed by atoms with Crippen LogP contribution in [0, 0.1) is 18.3 Å². The molecule has 0 aromatic carbocycles. The van der Waals surface area contributed by atoms with E-state index in [0.29, 0.717) is 27.9 Å². The van der Waals surface area contributed by atoms with Gasteiger partial charge in [-0.05, 0) is 50.7 Å². The van der Waals surface area contributed by atoms with Crippen molar-refractivity contribution in [1.82, 2.24) is 9.47 Å². The van der Waals surface area contributed by atoms with Crippen molar-refractivity contribution in [2.45, 2.75) is 71.4 Å². The second-order valence-electron chi connectivity index (χ2n) is 9.13. The van der Waals surface area contributed by atoms with Crippen molar-refractivity contribution in [1.29, 1.82) is 5.26 Å². The Kier molecular flexibility index (Phi) is 8.12. The number of thioether (sulfide) groups is 1. The normalized spacial score (nSPS) is 22.5. The van der Waals surface area contributed by atoms with E-state index in [-0.39, 0.29) is 23.1 Å². The fourth-order valence-corrected chi connectivity index (χ4v) is 6.24. The summed E-state index contributed by atoms with van der Waals surface area (Å²) in [7, 11) is 0. The number of carbonyl (C=O) groups is 1. The molecule has 1 unspecified atom stereocenters. The molecule has 3 aliphatic heterocycles. The van der Waals surface area contributed by atoms with Crippen LogP contribution in [0.15, 0.2) is 9.70 Å². The van der Waals surface area contributed by atoms with E-state index < -0.39 is 0 Å². The van der Waals surface area contributed by atoms with Gasteiger partial charge in [0.15, 0.2) is 0 Å². The average Bonchev–Trinajstić information content (AvgIpc) is 3.32. The predicted molar refractivity (Wildman–Crippen MR) is 140 cm³/mol. The number of amides is 1. The Morgan fingerprint density at radius 2 is 1.94 bits per heavy atom. The maximum Gasteiger partial charge on any atom is 0.270 e. The highest BCUT2D eigenvalue weighted by atomic mass is 32.2. The first-order valence-electron chi connectivity index (χ1n) is 12.3. The molecule has 1 aromatic rings. The Balaban J connectivity index is 1.81. The van der Waals surface area contributed by atoms with Crippen LogP contribution >= 0.6 is 24.0 Å². The van der Waals surface area contributed by atoms with E-state index in [1.165, 1.54) is 24.6 Å². The van der Waals surface area contributed by atoms with Crippen LogP contribution in [0.4, 0.5) is 5.82 Å². The van der Waals surface area contributed by atoms with Crippen molar-refractivity contribution in [3.8, 4) is 6.07 Å². The first kappa shape index (κ1) is 25.0. The third kappa shape index (κ3) is 4.95. The van der Waals surface area contributed by atoms with Crippen molar-refractivity contribution in [2.75, 3.05) is 31.1 Å². The minimum Gasteiger partial charge on any atom is -0.376 e. The Labute approximate surface area is 210 Å². The third-order valence-corrected chi connectivity index (χ3v) is 8.14. The van der Waals surface area contributed by atoms with Crippen LogP contribution in [0.3, 0.4) is 0 Å². The fourth-order valence-electron chi connectivity index (χ4n) is 4.98. The number of hydrogen-bond acceptors (Lipinski definition) is 7. The van der Waals surface area contributed by atoms with Gasteiger partial charge in [-0.15, -0.1) is 0 Å². The molecule has 3 aliphatic rings. The van der Waals surface area contributed by atoms with Crippen LogP contribution in [-0.4, -0.2) is 52.0 Å². The van der Waals surface area contributed by atoms with E-state index >= 15 is 0 Å². The topological polar surface area (TPSA) is 78.6 Å². The van der Waals surface area contributed by atoms with E-state index in [1.54, 1.807) is 9.47 Å². The number of carbonyl (C=O) groups excluding carboxylic acids is 1. The number of anilines is 1. The van der Waals surface area contributed by atoms with E-state index in [4.69, 9.17) is 17.0 Å². The highest BCUT2D eigenvalue weighted by Crippen LogP contribution is 2.37. The maximum atomic E-state index is 13.3. The average molecular weight is 501 g/mol. The number of nitrogens with zero attached hydrogens (tertiary/aromatic N) is 4. The van der Waals surface area contributed by atoms with E-state index in [1.807, 2.05) is 19.9 Å². The lowest BCUT2D eigenvalue weighted by molar-refractivity contribution is -0.123. The molecule has 0 aliphatic carbocycles. The molecule has 1 atom stereocenters. The number of ether oxygens (including phenoxy) is 1. The third-order valence-electron chi connectivity index (χ3n) is 6.76. The standard InChI is InChI=1S/C25H32N4O3S2/c1-3-10-28-22(27-11-6-4-5-7-12-27)19(17(2)20(15-26)23(28)30)14-21-24(31)29(25(33)34-21)16-18-9-8-13-32-18/h14,18H,3-13,16H2,1-2H3/b21-14-. The summed E-state index contributed by atoms with van der Waals surface area (Å²) < 4.78 is 7.99. The molecular formula is C25H32N4O3S2. The zero-order valence-corrected chi connectivity index (χ0v) is 21.6.